The van der Waals surface area contributed by atoms with Gasteiger partial charge in [-0.1, -0.05) is 23.7 Å². The molecular weight excluding hydrogens is 324 g/mol. The van der Waals surface area contributed by atoms with Gasteiger partial charge in [0, 0.05) is 30.6 Å². The minimum Gasteiger partial charge on any atom is -0.379 e. The van der Waals surface area contributed by atoms with Crippen molar-refractivity contribution in [1.29, 1.82) is 0 Å². The van der Waals surface area contributed by atoms with Crippen molar-refractivity contribution in [3.05, 3.63) is 34.9 Å². The molecule has 2 rings (SSSR count). The number of benzene rings is 1. The lowest BCUT2D eigenvalue weighted by molar-refractivity contribution is -0.126. The number of likely N-dealkylation sites (tertiary alicyclic amines) is 1. The zero-order valence-electron chi connectivity index (χ0n) is 14.8. The summed E-state index contributed by atoms with van der Waals surface area (Å²) in [5.41, 5.74) is 1.27. The van der Waals surface area contributed by atoms with Gasteiger partial charge in [-0.05, 0) is 63.9 Å². The second kappa shape index (κ2) is 10.0. The second-order valence-electron chi connectivity index (χ2n) is 6.74. The normalized spacial score (nSPS) is 16.5. The van der Waals surface area contributed by atoms with Crippen LogP contribution in [0.4, 0.5) is 0 Å². The summed E-state index contributed by atoms with van der Waals surface area (Å²) < 4.78 is 5.48. The Balaban J connectivity index is 1.63. The predicted molar refractivity (Wildman–Crippen MR) is 98.2 cm³/mol. The van der Waals surface area contributed by atoms with Crippen LogP contribution in [0, 0.1) is 5.92 Å². The maximum Gasteiger partial charge on any atom is 0.223 e. The van der Waals surface area contributed by atoms with Gasteiger partial charge in [0.05, 0.1) is 6.10 Å². The average Bonchev–Trinajstić information content (AvgIpc) is 2.57. The molecule has 1 amide bonds. The molecule has 1 saturated heterocycles. The fourth-order valence-electron chi connectivity index (χ4n) is 2.95. The maximum absolute atomic E-state index is 12.2. The van der Waals surface area contributed by atoms with Crippen LogP contribution in [0.2, 0.25) is 5.02 Å². The molecule has 1 aromatic carbocycles. The van der Waals surface area contributed by atoms with E-state index < -0.39 is 0 Å². The van der Waals surface area contributed by atoms with Crippen molar-refractivity contribution in [3.8, 4) is 0 Å². The standard InChI is InChI=1S/C19H29ClN2O2/c1-15(2)24-13-3-10-21-19(23)17-8-11-22(12-9-17)14-16-4-6-18(20)7-5-16/h4-7,15,17H,3,8-14H2,1-2H3,(H,21,23). The minimum atomic E-state index is 0.150. The molecule has 0 saturated carbocycles. The van der Waals surface area contributed by atoms with Gasteiger partial charge in [-0.3, -0.25) is 9.69 Å². The largest absolute Gasteiger partial charge is 0.379 e. The van der Waals surface area contributed by atoms with Crippen molar-refractivity contribution in [1.82, 2.24) is 10.2 Å². The third-order valence-corrected chi connectivity index (χ3v) is 4.60. The molecule has 1 aromatic rings. The van der Waals surface area contributed by atoms with Crippen LogP contribution in [-0.2, 0) is 16.1 Å². The second-order valence-corrected chi connectivity index (χ2v) is 7.18. The molecule has 1 fully saturated rings. The summed E-state index contributed by atoms with van der Waals surface area (Å²) in [5, 5.41) is 3.82. The van der Waals surface area contributed by atoms with E-state index in [2.05, 4.69) is 22.3 Å². The van der Waals surface area contributed by atoms with Gasteiger partial charge in [-0.25, -0.2) is 0 Å². The summed E-state index contributed by atoms with van der Waals surface area (Å²) in [6, 6.07) is 8.00. The molecule has 1 aliphatic heterocycles. The number of nitrogens with one attached hydrogen (secondary N) is 1. The number of nitrogens with zero attached hydrogens (tertiary/aromatic N) is 1. The van der Waals surface area contributed by atoms with E-state index in [0.717, 1.165) is 43.9 Å². The zero-order chi connectivity index (χ0) is 17.4. The number of ether oxygens (including phenoxy) is 1. The zero-order valence-corrected chi connectivity index (χ0v) is 15.5. The molecule has 0 atom stereocenters. The molecule has 0 radical (unpaired) electrons. The highest BCUT2D eigenvalue weighted by molar-refractivity contribution is 6.30. The summed E-state index contributed by atoms with van der Waals surface area (Å²) >= 11 is 5.92. The van der Waals surface area contributed by atoms with E-state index in [0.29, 0.717) is 13.2 Å². The Morgan fingerprint density at radius 2 is 1.96 bits per heavy atom. The van der Waals surface area contributed by atoms with Crippen LogP contribution in [0.25, 0.3) is 0 Å². The maximum atomic E-state index is 12.2. The Kier molecular flexibility index (Phi) is 8.03. The van der Waals surface area contributed by atoms with Crippen LogP contribution in [0.15, 0.2) is 24.3 Å². The van der Waals surface area contributed by atoms with E-state index in [1.807, 2.05) is 26.0 Å². The molecule has 134 valence electrons. The molecule has 1 heterocycles. The Labute approximate surface area is 150 Å². The lowest BCUT2D eigenvalue weighted by Crippen LogP contribution is -2.40. The van der Waals surface area contributed by atoms with Gasteiger partial charge in [0.2, 0.25) is 5.91 Å². The van der Waals surface area contributed by atoms with Gasteiger partial charge in [0.25, 0.3) is 0 Å². The number of hydrogen-bond acceptors (Lipinski definition) is 3. The molecule has 1 N–H and O–H groups in total. The summed E-state index contributed by atoms with van der Waals surface area (Å²) in [4.78, 5) is 14.6. The van der Waals surface area contributed by atoms with E-state index in [1.54, 1.807) is 0 Å². The lowest BCUT2D eigenvalue weighted by atomic mass is 9.95. The molecule has 0 bridgehead atoms. The highest BCUT2D eigenvalue weighted by atomic mass is 35.5. The topological polar surface area (TPSA) is 41.6 Å². The fourth-order valence-corrected chi connectivity index (χ4v) is 3.07. The van der Waals surface area contributed by atoms with Crippen LogP contribution in [0.3, 0.4) is 0 Å². The van der Waals surface area contributed by atoms with Gasteiger partial charge in [-0.15, -0.1) is 0 Å². The van der Waals surface area contributed by atoms with Crippen LogP contribution in [-0.4, -0.2) is 43.2 Å². The molecular formula is C19H29ClN2O2. The highest BCUT2D eigenvalue weighted by Gasteiger charge is 2.24. The Bertz CT molecular complexity index is 497. The number of piperidine rings is 1. The third kappa shape index (κ3) is 6.80. The molecule has 0 spiro atoms. The number of carbonyl (C=O) groups is 1. The van der Waals surface area contributed by atoms with Crippen molar-refractivity contribution in [3.63, 3.8) is 0 Å². The van der Waals surface area contributed by atoms with Gasteiger partial charge in [-0.2, -0.15) is 0 Å². The quantitative estimate of drug-likeness (QED) is 0.728. The molecule has 0 aliphatic carbocycles. The molecule has 4 nitrogen and oxygen atoms in total. The van der Waals surface area contributed by atoms with Crippen molar-refractivity contribution in [2.24, 2.45) is 5.92 Å². The monoisotopic (exact) mass is 352 g/mol. The first-order chi connectivity index (χ1) is 11.5. The molecule has 5 heteroatoms. The van der Waals surface area contributed by atoms with Crippen LogP contribution in [0.1, 0.15) is 38.7 Å². The SMILES string of the molecule is CC(C)OCCCNC(=O)C1CCN(Cc2ccc(Cl)cc2)CC1. The predicted octanol–water partition coefficient (Wildman–Crippen LogP) is 3.48. The summed E-state index contributed by atoms with van der Waals surface area (Å²) in [7, 11) is 0. The van der Waals surface area contributed by atoms with Gasteiger partial charge >= 0.3 is 0 Å². The molecule has 0 aromatic heterocycles. The van der Waals surface area contributed by atoms with Crippen LogP contribution in [0.5, 0.6) is 0 Å². The first-order valence-electron chi connectivity index (χ1n) is 8.90. The smallest absolute Gasteiger partial charge is 0.223 e. The number of halogens is 1. The van der Waals surface area contributed by atoms with Crippen LogP contribution < -0.4 is 5.32 Å². The summed E-state index contributed by atoms with van der Waals surface area (Å²) in [6.07, 6.45) is 2.99. The van der Waals surface area contributed by atoms with Gasteiger partial charge < -0.3 is 10.1 Å². The number of rotatable bonds is 8. The summed E-state index contributed by atoms with van der Waals surface area (Å²) in [5.74, 6) is 0.350. The minimum absolute atomic E-state index is 0.150. The fraction of sp³-hybridized carbons (Fsp3) is 0.632. The first-order valence-corrected chi connectivity index (χ1v) is 9.28. The summed E-state index contributed by atoms with van der Waals surface area (Å²) in [6.45, 7) is 8.33. The number of hydrogen-bond donors (Lipinski definition) is 1. The first kappa shape index (κ1) is 19.2. The van der Waals surface area contributed by atoms with E-state index in [1.165, 1.54) is 5.56 Å². The van der Waals surface area contributed by atoms with Crippen molar-refractivity contribution >= 4 is 17.5 Å². The number of carbonyl (C=O) groups excluding carboxylic acids is 1. The Morgan fingerprint density at radius 3 is 2.58 bits per heavy atom. The van der Waals surface area contributed by atoms with Gasteiger partial charge in [0.1, 0.15) is 0 Å². The van der Waals surface area contributed by atoms with Crippen molar-refractivity contribution < 1.29 is 9.53 Å². The number of amides is 1. The van der Waals surface area contributed by atoms with Gasteiger partial charge in [0.15, 0.2) is 0 Å². The highest BCUT2D eigenvalue weighted by Crippen LogP contribution is 2.20. The van der Waals surface area contributed by atoms with Crippen LogP contribution >= 0.6 is 11.6 Å². The van der Waals surface area contributed by atoms with E-state index in [4.69, 9.17) is 16.3 Å². The van der Waals surface area contributed by atoms with Crippen molar-refractivity contribution in [2.45, 2.75) is 45.8 Å². The molecule has 0 unspecified atom stereocenters. The Hall–Kier alpha value is -1.10. The van der Waals surface area contributed by atoms with E-state index in [9.17, 15) is 4.79 Å². The Morgan fingerprint density at radius 1 is 1.29 bits per heavy atom. The average molecular weight is 353 g/mol. The van der Waals surface area contributed by atoms with Crippen molar-refractivity contribution in [2.75, 3.05) is 26.2 Å². The molecule has 24 heavy (non-hydrogen) atoms. The molecule has 1 aliphatic rings. The third-order valence-electron chi connectivity index (χ3n) is 4.35. The van der Waals surface area contributed by atoms with E-state index in [-0.39, 0.29) is 17.9 Å². The van der Waals surface area contributed by atoms with E-state index >= 15 is 0 Å². The lowest BCUT2D eigenvalue weighted by Gasteiger charge is -2.31.